The molecule has 0 aromatic carbocycles. The molecule has 1 heterocycles. The number of nitrogens with one attached hydrogen (secondary N) is 2. The van der Waals surface area contributed by atoms with Crippen LogP contribution in [0, 0.1) is 5.92 Å². The highest BCUT2D eigenvalue weighted by atomic mass is 16.4. The van der Waals surface area contributed by atoms with E-state index in [0.717, 1.165) is 25.8 Å². The number of hydrogen-bond acceptors (Lipinski definition) is 3. The van der Waals surface area contributed by atoms with Gasteiger partial charge in [0.15, 0.2) is 0 Å². The minimum absolute atomic E-state index is 0.183. The standard InChI is InChI=1S/C12H22N2O3/c1-8(2)7-10(12(16)17)14-11(15)9-5-3-4-6-13-9/h8-10,13H,3-7H2,1-2H3,(H,14,15)(H,16,17)/t9-,10?/m0/s1. The zero-order valence-corrected chi connectivity index (χ0v) is 10.5. The molecular weight excluding hydrogens is 220 g/mol. The molecule has 1 aliphatic rings. The highest BCUT2D eigenvalue weighted by Crippen LogP contribution is 2.09. The Morgan fingerprint density at radius 3 is 2.59 bits per heavy atom. The van der Waals surface area contributed by atoms with Crippen LogP contribution in [-0.4, -0.2) is 35.6 Å². The lowest BCUT2D eigenvalue weighted by Crippen LogP contribution is -2.51. The van der Waals surface area contributed by atoms with E-state index in [9.17, 15) is 9.59 Å². The number of carboxylic acid groups (broad SMARTS) is 1. The van der Waals surface area contributed by atoms with Gasteiger partial charge in [0.05, 0.1) is 6.04 Å². The van der Waals surface area contributed by atoms with Crippen LogP contribution in [0.3, 0.4) is 0 Å². The van der Waals surface area contributed by atoms with E-state index in [0.29, 0.717) is 6.42 Å². The zero-order valence-electron chi connectivity index (χ0n) is 10.5. The van der Waals surface area contributed by atoms with Crippen molar-refractivity contribution in [3.05, 3.63) is 0 Å². The van der Waals surface area contributed by atoms with Gasteiger partial charge in [0.1, 0.15) is 6.04 Å². The van der Waals surface area contributed by atoms with Gasteiger partial charge in [0.25, 0.3) is 0 Å². The maximum atomic E-state index is 11.9. The molecule has 3 N–H and O–H groups in total. The van der Waals surface area contributed by atoms with Crippen LogP contribution in [0.5, 0.6) is 0 Å². The Morgan fingerprint density at radius 2 is 2.12 bits per heavy atom. The lowest BCUT2D eigenvalue weighted by atomic mass is 10.0. The lowest BCUT2D eigenvalue weighted by Gasteiger charge is -2.25. The number of carbonyl (C=O) groups is 2. The van der Waals surface area contributed by atoms with Gasteiger partial charge in [0, 0.05) is 0 Å². The van der Waals surface area contributed by atoms with Crippen molar-refractivity contribution in [2.24, 2.45) is 5.92 Å². The molecule has 0 saturated carbocycles. The van der Waals surface area contributed by atoms with E-state index in [-0.39, 0.29) is 17.9 Å². The van der Waals surface area contributed by atoms with Crippen molar-refractivity contribution in [1.82, 2.24) is 10.6 Å². The summed E-state index contributed by atoms with van der Waals surface area (Å²) < 4.78 is 0. The van der Waals surface area contributed by atoms with E-state index in [1.54, 1.807) is 0 Å². The van der Waals surface area contributed by atoms with Crippen LogP contribution in [0.1, 0.15) is 39.5 Å². The molecule has 0 aliphatic carbocycles. The number of carbonyl (C=O) groups excluding carboxylic acids is 1. The molecular formula is C12H22N2O3. The van der Waals surface area contributed by atoms with Crippen molar-refractivity contribution in [3.8, 4) is 0 Å². The lowest BCUT2D eigenvalue weighted by molar-refractivity contribution is -0.142. The molecule has 17 heavy (non-hydrogen) atoms. The number of rotatable bonds is 5. The van der Waals surface area contributed by atoms with Crippen molar-refractivity contribution in [3.63, 3.8) is 0 Å². The van der Waals surface area contributed by atoms with E-state index in [2.05, 4.69) is 10.6 Å². The summed E-state index contributed by atoms with van der Waals surface area (Å²) >= 11 is 0. The van der Waals surface area contributed by atoms with Crippen LogP contribution in [0.2, 0.25) is 0 Å². The van der Waals surface area contributed by atoms with Crippen LogP contribution >= 0.6 is 0 Å². The Hall–Kier alpha value is -1.10. The third-order valence-electron chi connectivity index (χ3n) is 2.95. The van der Waals surface area contributed by atoms with E-state index in [1.165, 1.54) is 0 Å². The number of amides is 1. The Kier molecular flexibility index (Phi) is 5.41. The first-order valence-corrected chi connectivity index (χ1v) is 6.27. The van der Waals surface area contributed by atoms with Gasteiger partial charge in [0.2, 0.25) is 5.91 Å². The molecule has 1 rings (SSSR count). The molecule has 0 aromatic heterocycles. The van der Waals surface area contributed by atoms with Gasteiger partial charge in [-0.1, -0.05) is 20.3 Å². The largest absolute Gasteiger partial charge is 0.480 e. The fourth-order valence-corrected chi connectivity index (χ4v) is 2.04. The van der Waals surface area contributed by atoms with Crippen molar-refractivity contribution in [2.45, 2.75) is 51.6 Å². The molecule has 2 atom stereocenters. The van der Waals surface area contributed by atoms with Gasteiger partial charge in [-0.2, -0.15) is 0 Å². The summed E-state index contributed by atoms with van der Waals surface area (Å²) in [6.07, 6.45) is 3.36. The minimum atomic E-state index is -0.956. The fourth-order valence-electron chi connectivity index (χ4n) is 2.04. The number of piperidine rings is 1. The number of aliphatic carboxylic acids is 1. The van der Waals surface area contributed by atoms with Gasteiger partial charge >= 0.3 is 5.97 Å². The first-order chi connectivity index (χ1) is 8.00. The van der Waals surface area contributed by atoms with Crippen molar-refractivity contribution in [1.29, 1.82) is 0 Å². The van der Waals surface area contributed by atoms with Gasteiger partial charge in [-0.3, -0.25) is 4.79 Å². The van der Waals surface area contributed by atoms with Crippen LogP contribution in [0.4, 0.5) is 0 Å². The van der Waals surface area contributed by atoms with E-state index in [1.807, 2.05) is 13.8 Å². The van der Waals surface area contributed by atoms with E-state index in [4.69, 9.17) is 5.11 Å². The quantitative estimate of drug-likeness (QED) is 0.664. The number of carboxylic acids is 1. The first kappa shape index (κ1) is 14.0. The third-order valence-corrected chi connectivity index (χ3v) is 2.95. The fraction of sp³-hybridized carbons (Fsp3) is 0.833. The molecule has 1 amide bonds. The molecule has 0 bridgehead atoms. The molecule has 5 nitrogen and oxygen atoms in total. The van der Waals surface area contributed by atoms with Gasteiger partial charge in [-0.05, 0) is 31.7 Å². The third kappa shape index (κ3) is 4.73. The highest BCUT2D eigenvalue weighted by molar-refractivity contribution is 5.86. The summed E-state index contributed by atoms with van der Waals surface area (Å²) in [5.41, 5.74) is 0. The van der Waals surface area contributed by atoms with Crippen LogP contribution in [-0.2, 0) is 9.59 Å². The van der Waals surface area contributed by atoms with Gasteiger partial charge < -0.3 is 15.7 Å². The van der Waals surface area contributed by atoms with Crippen molar-refractivity contribution < 1.29 is 14.7 Å². The van der Waals surface area contributed by atoms with E-state index < -0.39 is 12.0 Å². The average Bonchev–Trinajstić information content (AvgIpc) is 2.28. The molecule has 1 fully saturated rings. The monoisotopic (exact) mass is 242 g/mol. The Bertz CT molecular complexity index is 273. The zero-order chi connectivity index (χ0) is 12.8. The van der Waals surface area contributed by atoms with E-state index >= 15 is 0 Å². The smallest absolute Gasteiger partial charge is 0.326 e. The Labute approximate surface area is 102 Å². The number of hydrogen-bond donors (Lipinski definition) is 3. The maximum absolute atomic E-state index is 11.9. The van der Waals surface area contributed by atoms with Crippen LogP contribution in [0.25, 0.3) is 0 Å². The summed E-state index contributed by atoms with van der Waals surface area (Å²) in [6.45, 7) is 4.72. The predicted octanol–water partition coefficient (Wildman–Crippen LogP) is 0.744. The first-order valence-electron chi connectivity index (χ1n) is 6.27. The Morgan fingerprint density at radius 1 is 1.41 bits per heavy atom. The maximum Gasteiger partial charge on any atom is 0.326 e. The summed E-state index contributed by atoms with van der Waals surface area (Å²) in [5, 5.41) is 14.8. The highest BCUT2D eigenvalue weighted by Gasteiger charge is 2.26. The summed E-state index contributed by atoms with van der Waals surface area (Å²) in [5.74, 6) is -0.892. The molecule has 98 valence electrons. The van der Waals surface area contributed by atoms with Crippen LogP contribution < -0.4 is 10.6 Å². The minimum Gasteiger partial charge on any atom is -0.480 e. The molecule has 1 aliphatic heterocycles. The molecule has 1 saturated heterocycles. The second-order valence-corrected chi connectivity index (χ2v) is 5.03. The summed E-state index contributed by atoms with van der Waals surface area (Å²) in [4.78, 5) is 22.9. The molecule has 0 radical (unpaired) electrons. The topological polar surface area (TPSA) is 78.4 Å². The Balaban J connectivity index is 2.47. The van der Waals surface area contributed by atoms with Gasteiger partial charge in [-0.15, -0.1) is 0 Å². The average molecular weight is 242 g/mol. The second-order valence-electron chi connectivity index (χ2n) is 5.03. The molecule has 0 aromatic rings. The van der Waals surface area contributed by atoms with Crippen LogP contribution in [0.15, 0.2) is 0 Å². The normalized spacial score (nSPS) is 22.2. The predicted molar refractivity (Wildman–Crippen MR) is 64.7 cm³/mol. The SMILES string of the molecule is CC(C)CC(NC(=O)[C@@H]1CCCCN1)C(=O)O. The molecule has 1 unspecified atom stereocenters. The van der Waals surface area contributed by atoms with Gasteiger partial charge in [-0.25, -0.2) is 4.79 Å². The summed E-state index contributed by atoms with van der Waals surface area (Å²) in [7, 11) is 0. The molecule has 0 spiro atoms. The van der Waals surface area contributed by atoms with Crippen molar-refractivity contribution in [2.75, 3.05) is 6.54 Å². The second kappa shape index (κ2) is 6.59. The van der Waals surface area contributed by atoms with Crippen molar-refractivity contribution >= 4 is 11.9 Å². The molecule has 5 heteroatoms. The summed E-state index contributed by atoms with van der Waals surface area (Å²) in [6, 6.07) is -0.996.